The van der Waals surface area contributed by atoms with E-state index in [-0.39, 0.29) is 11.8 Å². The smallest absolute Gasteiger partial charge is 0.229 e. The van der Waals surface area contributed by atoms with Crippen molar-refractivity contribution in [3.8, 4) is 11.3 Å². The highest BCUT2D eigenvalue weighted by Gasteiger charge is 2.30. The van der Waals surface area contributed by atoms with Crippen LogP contribution in [0.1, 0.15) is 17.7 Å². The van der Waals surface area contributed by atoms with Crippen molar-refractivity contribution in [1.82, 2.24) is 4.98 Å². The number of hydrogen-bond acceptors (Lipinski definition) is 3. The van der Waals surface area contributed by atoms with E-state index in [1.165, 1.54) is 11.3 Å². The van der Waals surface area contributed by atoms with Crippen LogP contribution in [0.5, 0.6) is 0 Å². The first-order valence-corrected chi connectivity index (χ1v) is 6.89. The van der Waals surface area contributed by atoms with Crippen LogP contribution >= 0.6 is 11.3 Å². The van der Waals surface area contributed by atoms with Crippen molar-refractivity contribution in [3.05, 3.63) is 35.2 Å². The van der Waals surface area contributed by atoms with Gasteiger partial charge >= 0.3 is 0 Å². The maximum Gasteiger partial charge on any atom is 0.229 e. The van der Waals surface area contributed by atoms with Gasteiger partial charge in [-0.1, -0.05) is 30.3 Å². The first-order chi connectivity index (χ1) is 8.74. The zero-order valence-corrected chi connectivity index (χ0v) is 11.0. The molecule has 1 saturated carbocycles. The molecule has 0 bridgehead atoms. The quantitative estimate of drug-likeness (QED) is 0.916. The second-order valence-electron chi connectivity index (χ2n) is 4.55. The SMILES string of the molecule is Cc1sc(NC(=O)C2CC2)nc1-c1ccccc1. The minimum atomic E-state index is 0.114. The Labute approximate surface area is 110 Å². The molecule has 3 nitrogen and oxygen atoms in total. The lowest BCUT2D eigenvalue weighted by atomic mass is 10.1. The lowest BCUT2D eigenvalue weighted by Gasteiger charge is -1.98. The number of nitrogens with zero attached hydrogens (tertiary/aromatic N) is 1. The summed E-state index contributed by atoms with van der Waals surface area (Å²) in [4.78, 5) is 17.3. The zero-order chi connectivity index (χ0) is 12.5. The molecule has 0 atom stereocenters. The van der Waals surface area contributed by atoms with Crippen LogP contribution in [-0.4, -0.2) is 10.9 Å². The Balaban J connectivity index is 1.84. The molecule has 0 spiro atoms. The lowest BCUT2D eigenvalue weighted by molar-refractivity contribution is -0.117. The van der Waals surface area contributed by atoms with Gasteiger partial charge in [-0.2, -0.15) is 0 Å². The molecular formula is C14H14N2OS. The van der Waals surface area contributed by atoms with Gasteiger partial charge in [-0.05, 0) is 19.8 Å². The molecular weight excluding hydrogens is 244 g/mol. The van der Waals surface area contributed by atoms with Crippen LogP contribution in [0.25, 0.3) is 11.3 Å². The predicted octanol–water partition coefficient (Wildman–Crippen LogP) is 3.47. The van der Waals surface area contributed by atoms with E-state index in [0.29, 0.717) is 5.13 Å². The van der Waals surface area contributed by atoms with Crippen molar-refractivity contribution in [2.75, 3.05) is 5.32 Å². The van der Waals surface area contributed by atoms with Gasteiger partial charge in [0.1, 0.15) is 0 Å². The summed E-state index contributed by atoms with van der Waals surface area (Å²) < 4.78 is 0. The average molecular weight is 258 g/mol. The van der Waals surface area contributed by atoms with E-state index in [2.05, 4.69) is 10.3 Å². The summed E-state index contributed by atoms with van der Waals surface area (Å²) >= 11 is 1.54. The lowest BCUT2D eigenvalue weighted by Crippen LogP contribution is -2.12. The molecule has 4 heteroatoms. The zero-order valence-electron chi connectivity index (χ0n) is 10.1. The first kappa shape index (κ1) is 11.4. The Morgan fingerprint density at radius 2 is 2.06 bits per heavy atom. The molecule has 92 valence electrons. The van der Waals surface area contributed by atoms with E-state index in [0.717, 1.165) is 29.0 Å². The second kappa shape index (κ2) is 4.53. The van der Waals surface area contributed by atoms with Crippen molar-refractivity contribution in [3.63, 3.8) is 0 Å². The Morgan fingerprint density at radius 1 is 1.33 bits per heavy atom. The summed E-state index contributed by atoms with van der Waals surface area (Å²) in [5.41, 5.74) is 2.06. The van der Waals surface area contributed by atoms with Gasteiger partial charge in [-0.25, -0.2) is 4.98 Å². The van der Waals surface area contributed by atoms with Gasteiger partial charge in [0.15, 0.2) is 5.13 Å². The topological polar surface area (TPSA) is 42.0 Å². The fraction of sp³-hybridized carbons (Fsp3) is 0.286. The highest BCUT2D eigenvalue weighted by molar-refractivity contribution is 7.16. The first-order valence-electron chi connectivity index (χ1n) is 6.08. The maximum atomic E-state index is 11.7. The molecule has 18 heavy (non-hydrogen) atoms. The van der Waals surface area contributed by atoms with E-state index in [1.807, 2.05) is 37.3 Å². The van der Waals surface area contributed by atoms with Crippen LogP contribution in [0.4, 0.5) is 5.13 Å². The summed E-state index contributed by atoms with van der Waals surface area (Å²) in [6.45, 7) is 2.03. The number of carbonyl (C=O) groups excluding carboxylic acids is 1. The highest BCUT2D eigenvalue weighted by atomic mass is 32.1. The van der Waals surface area contributed by atoms with Gasteiger partial charge < -0.3 is 5.32 Å². The number of aryl methyl sites for hydroxylation is 1. The summed E-state index contributed by atoms with van der Waals surface area (Å²) in [5.74, 6) is 0.331. The molecule has 0 saturated heterocycles. The number of nitrogens with one attached hydrogen (secondary N) is 1. The van der Waals surface area contributed by atoms with Crippen LogP contribution in [0.2, 0.25) is 0 Å². The number of aromatic nitrogens is 1. The van der Waals surface area contributed by atoms with Gasteiger partial charge in [0, 0.05) is 16.4 Å². The number of amides is 1. The van der Waals surface area contributed by atoms with Crippen molar-refractivity contribution in [2.45, 2.75) is 19.8 Å². The van der Waals surface area contributed by atoms with Crippen molar-refractivity contribution in [1.29, 1.82) is 0 Å². The minimum Gasteiger partial charge on any atom is -0.302 e. The maximum absolute atomic E-state index is 11.7. The monoisotopic (exact) mass is 258 g/mol. The summed E-state index contributed by atoms with van der Waals surface area (Å²) in [7, 11) is 0. The van der Waals surface area contributed by atoms with Crippen LogP contribution in [0.3, 0.4) is 0 Å². The van der Waals surface area contributed by atoms with Crippen molar-refractivity contribution >= 4 is 22.4 Å². The van der Waals surface area contributed by atoms with Crippen LogP contribution in [0.15, 0.2) is 30.3 Å². The molecule has 1 aromatic carbocycles. The third-order valence-electron chi connectivity index (χ3n) is 3.02. The van der Waals surface area contributed by atoms with Crippen LogP contribution in [0, 0.1) is 12.8 Å². The minimum absolute atomic E-state index is 0.114. The predicted molar refractivity (Wildman–Crippen MR) is 73.6 cm³/mol. The fourth-order valence-electron chi connectivity index (χ4n) is 1.87. The summed E-state index contributed by atoms with van der Waals surface area (Å²) in [6, 6.07) is 10.1. The molecule has 1 aliphatic rings. The van der Waals surface area contributed by atoms with E-state index < -0.39 is 0 Å². The van der Waals surface area contributed by atoms with Gasteiger partial charge in [-0.15, -0.1) is 11.3 Å². The van der Waals surface area contributed by atoms with E-state index in [9.17, 15) is 4.79 Å². The summed E-state index contributed by atoms with van der Waals surface area (Å²) in [6.07, 6.45) is 2.03. The van der Waals surface area contributed by atoms with Crippen LogP contribution in [-0.2, 0) is 4.79 Å². The van der Waals surface area contributed by atoms with Crippen LogP contribution < -0.4 is 5.32 Å². The molecule has 1 amide bonds. The number of benzene rings is 1. The molecule has 1 aromatic heterocycles. The number of hydrogen-bond donors (Lipinski definition) is 1. The average Bonchev–Trinajstić information content (AvgIpc) is 3.16. The molecule has 1 fully saturated rings. The van der Waals surface area contributed by atoms with Gasteiger partial charge in [-0.3, -0.25) is 4.79 Å². The Morgan fingerprint density at radius 3 is 2.72 bits per heavy atom. The van der Waals surface area contributed by atoms with Crippen molar-refractivity contribution in [2.24, 2.45) is 5.92 Å². The Kier molecular flexibility index (Phi) is 2.88. The number of carbonyl (C=O) groups is 1. The number of thiazole rings is 1. The molecule has 1 aliphatic carbocycles. The normalized spacial score (nSPS) is 14.5. The standard InChI is InChI=1S/C14H14N2OS/c1-9-12(10-5-3-2-4-6-10)15-14(18-9)16-13(17)11-7-8-11/h2-6,11H,7-8H2,1H3,(H,15,16,17). The molecule has 2 aromatic rings. The van der Waals surface area contributed by atoms with Gasteiger partial charge in [0.2, 0.25) is 5.91 Å². The molecule has 0 unspecified atom stereocenters. The van der Waals surface area contributed by atoms with Gasteiger partial charge in [0.05, 0.1) is 5.69 Å². The third kappa shape index (κ3) is 2.29. The molecule has 0 aliphatic heterocycles. The second-order valence-corrected chi connectivity index (χ2v) is 5.76. The highest BCUT2D eigenvalue weighted by Crippen LogP contribution is 2.33. The Hall–Kier alpha value is -1.68. The fourth-order valence-corrected chi connectivity index (χ4v) is 2.71. The molecule has 1 heterocycles. The largest absolute Gasteiger partial charge is 0.302 e. The molecule has 0 radical (unpaired) electrons. The molecule has 3 rings (SSSR count). The summed E-state index contributed by atoms with van der Waals surface area (Å²) in [5, 5.41) is 3.61. The van der Waals surface area contributed by atoms with E-state index in [1.54, 1.807) is 0 Å². The Bertz CT molecular complexity index is 573. The van der Waals surface area contributed by atoms with E-state index >= 15 is 0 Å². The van der Waals surface area contributed by atoms with Crippen molar-refractivity contribution < 1.29 is 4.79 Å². The third-order valence-corrected chi connectivity index (χ3v) is 3.91. The number of rotatable bonds is 3. The van der Waals surface area contributed by atoms with Gasteiger partial charge in [0.25, 0.3) is 0 Å². The molecule has 1 N–H and O–H groups in total. The number of anilines is 1. The van der Waals surface area contributed by atoms with E-state index in [4.69, 9.17) is 0 Å².